The van der Waals surface area contributed by atoms with Crippen LogP contribution in [0, 0.1) is 13.8 Å². The van der Waals surface area contributed by atoms with E-state index in [2.05, 4.69) is 30.5 Å². The molecule has 1 saturated heterocycles. The molecule has 0 unspecified atom stereocenters. The first-order valence-electron chi connectivity index (χ1n) is 9.81. The minimum absolute atomic E-state index is 0.258. The smallest absolute Gasteiger partial charge is 0.251 e. The van der Waals surface area contributed by atoms with Crippen LogP contribution in [0.1, 0.15) is 53.5 Å². The fraction of sp³-hybridized carbons (Fsp3) is 0.455. The Morgan fingerprint density at radius 1 is 1.19 bits per heavy atom. The second-order valence-electron chi connectivity index (χ2n) is 7.30. The Kier molecular flexibility index (Phi) is 5.68. The molecule has 1 aliphatic rings. The molecule has 0 saturated carbocycles. The van der Waals surface area contributed by atoms with Gasteiger partial charge in [-0.15, -0.1) is 0 Å². The zero-order valence-electron chi connectivity index (χ0n) is 16.5. The Bertz CT molecular complexity index is 867. The van der Waals surface area contributed by atoms with Crippen molar-refractivity contribution in [2.45, 2.75) is 53.0 Å². The monoisotopic (exact) mass is 367 g/mol. The molecular weight excluding hydrogens is 338 g/mol. The lowest BCUT2D eigenvalue weighted by Gasteiger charge is -2.17. The molecule has 1 aromatic carbocycles. The number of hydrogen-bond donors (Lipinski definition) is 1. The Hall–Kier alpha value is -2.56. The molecule has 5 nitrogen and oxygen atoms in total. The maximum Gasteiger partial charge on any atom is 0.251 e. The third kappa shape index (κ3) is 3.64. The zero-order chi connectivity index (χ0) is 19.6. The molecule has 2 N–H and O–H groups in total. The van der Waals surface area contributed by atoms with Crippen molar-refractivity contribution in [1.29, 1.82) is 0 Å². The first kappa shape index (κ1) is 19.2. The summed E-state index contributed by atoms with van der Waals surface area (Å²) in [6.45, 7) is 8.57. The number of carbonyl (C=O) groups excluding carboxylic acids is 2. The van der Waals surface area contributed by atoms with Gasteiger partial charge in [0.2, 0.25) is 5.91 Å². The number of nitrogens with zero attached hydrogens (tertiary/aromatic N) is 2. The van der Waals surface area contributed by atoms with Gasteiger partial charge < -0.3 is 15.2 Å². The van der Waals surface area contributed by atoms with Crippen LogP contribution in [-0.4, -0.2) is 34.4 Å². The quantitative estimate of drug-likeness (QED) is 0.814. The van der Waals surface area contributed by atoms with Crippen molar-refractivity contribution in [3.63, 3.8) is 0 Å². The van der Waals surface area contributed by atoms with E-state index >= 15 is 0 Å². The van der Waals surface area contributed by atoms with Crippen LogP contribution < -0.4 is 5.73 Å². The van der Waals surface area contributed by atoms with Crippen molar-refractivity contribution in [1.82, 2.24) is 9.47 Å². The molecule has 5 heteroatoms. The standard InChI is InChI=1S/C22H29N3O2/c1-4-18-21(17-10-6-5-9-15(17)2)20(22(23)27)16(3)25(18)14-8-13-24-12-7-11-19(24)26/h5-6,9-10H,4,7-8,11-14H2,1-3H3,(H2,23,27). The van der Waals surface area contributed by atoms with Crippen LogP contribution in [0.25, 0.3) is 11.1 Å². The molecule has 0 atom stereocenters. The van der Waals surface area contributed by atoms with E-state index in [-0.39, 0.29) is 11.8 Å². The van der Waals surface area contributed by atoms with Crippen LogP contribution in [-0.2, 0) is 17.8 Å². The number of aryl methyl sites for hydroxylation is 1. The molecule has 0 bridgehead atoms. The highest BCUT2D eigenvalue weighted by atomic mass is 16.2. The van der Waals surface area contributed by atoms with Gasteiger partial charge in [0.15, 0.2) is 0 Å². The summed E-state index contributed by atoms with van der Waals surface area (Å²) in [6.07, 6.45) is 3.33. The second-order valence-corrected chi connectivity index (χ2v) is 7.30. The molecule has 1 fully saturated rings. The molecule has 144 valence electrons. The minimum Gasteiger partial charge on any atom is -0.366 e. The van der Waals surface area contributed by atoms with Gasteiger partial charge in [-0.25, -0.2) is 0 Å². The number of likely N-dealkylation sites (tertiary alicyclic amines) is 1. The van der Waals surface area contributed by atoms with Crippen molar-refractivity contribution < 1.29 is 9.59 Å². The van der Waals surface area contributed by atoms with E-state index < -0.39 is 0 Å². The summed E-state index contributed by atoms with van der Waals surface area (Å²) in [5, 5.41) is 0. The fourth-order valence-corrected chi connectivity index (χ4v) is 4.27. The summed E-state index contributed by atoms with van der Waals surface area (Å²) in [6, 6.07) is 8.12. The van der Waals surface area contributed by atoms with Crippen LogP contribution in [0.5, 0.6) is 0 Å². The van der Waals surface area contributed by atoms with E-state index in [4.69, 9.17) is 5.73 Å². The van der Waals surface area contributed by atoms with Gasteiger partial charge in [0.25, 0.3) is 5.91 Å². The SMILES string of the molecule is CCc1c(-c2ccccc2C)c(C(N)=O)c(C)n1CCCN1CCCC1=O. The Labute approximate surface area is 161 Å². The number of hydrogen-bond acceptors (Lipinski definition) is 2. The van der Waals surface area contributed by atoms with Crippen LogP contribution in [0.15, 0.2) is 24.3 Å². The molecule has 3 rings (SSSR count). The van der Waals surface area contributed by atoms with Crippen LogP contribution in [0.2, 0.25) is 0 Å². The van der Waals surface area contributed by atoms with Crippen molar-refractivity contribution in [2.75, 3.05) is 13.1 Å². The van der Waals surface area contributed by atoms with Gasteiger partial charge in [0.1, 0.15) is 0 Å². The van der Waals surface area contributed by atoms with Crippen LogP contribution in [0.3, 0.4) is 0 Å². The summed E-state index contributed by atoms with van der Waals surface area (Å²) < 4.78 is 2.22. The van der Waals surface area contributed by atoms with Crippen molar-refractivity contribution in [2.24, 2.45) is 5.73 Å². The molecular formula is C22H29N3O2. The highest BCUT2D eigenvalue weighted by Crippen LogP contribution is 2.35. The van der Waals surface area contributed by atoms with Crippen molar-refractivity contribution >= 4 is 11.8 Å². The lowest BCUT2D eigenvalue weighted by atomic mass is 9.95. The molecule has 2 aromatic rings. The molecule has 0 spiro atoms. The Balaban J connectivity index is 1.97. The Morgan fingerprint density at radius 3 is 2.52 bits per heavy atom. The van der Waals surface area contributed by atoms with Crippen LogP contribution in [0.4, 0.5) is 0 Å². The van der Waals surface area contributed by atoms with Gasteiger partial charge in [-0.3, -0.25) is 9.59 Å². The molecule has 2 heterocycles. The molecule has 27 heavy (non-hydrogen) atoms. The maximum atomic E-state index is 12.3. The highest BCUT2D eigenvalue weighted by Gasteiger charge is 2.25. The van der Waals surface area contributed by atoms with E-state index in [1.165, 1.54) is 0 Å². The number of rotatable bonds is 7. The number of carbonyl (C=O) groups is 2. The van der Waals surface area contributed by atoms with Crippen molar-refractivity contribution in [3.05, 3.63) is 46.8 Å². The first-order chi connectivity index (χ1) is 13.0. The predicted molar refractivity (Wildman–Crippen MR) is 108 cm³/mol. The van der Waals surface area contributed by atoms with Gasteiger partial charge in [-0.05, 0) is 44.2 Å². The molecule has 1 aliphatic heterocycles. The Morgan fingerprint density at radius 2 is 1.93 bits per heavy atom. The van der Waals surface area contributed by atoms with Crippen LogP contribution >= 0.6 is 0 Å². The fourth-order valence-electron chi connectivity index (χ4n) is 4.27. The van der Waals surface area contributed by atoms with E-state index in [0.717, 1.165) is 67.0 Å². The summed E-state index contributed by atoms with van der Waals surface area (Å²) in [7, 11) is 0. The normalized spacial score (nSPS) is 14.2. The minimum atomic E-state index is -0.381. The number of aromatic nitrogens is 1. The lowest BCUT2D eigenvalue weighted by Crippen LogP contribution is -2.26. The van der Waals surface area contributed by atoms with Gasteiger partial charge in [-0.2, -0.15) is 0 Å². The van der Waals surface area contributed by atoms with E-state index in [0.29, 0.717) is 12.0 Å². The molecule has 0 aliphatic carbocycles. The average molecular weight is 367 g/mol. The van der Waals surface area contributed by atoms with E-state index in [1.54, 1.807) is 0 Å². The summed E-state index contributed by atoms with van der Waals surface area (Å²) in [5.41, 5.74) is 11.6. The number of primary amides is 1. The largest absolute Gasteiger partial charge is 0.366 e. The number of nitrogens with two attached hydrogens (primary N) is 1. The van der Waals surface area contributed by atoms with Gasteiger partial charge in [0, 0.05) is 43.0 Å². The van der Waals surface area contributed by atoms with Gasteiger partial charge in [0.05, 0.1) is 5.56 Å². The summed E-state index contributed by atoms with van der Waals surface area (Å²) in [4.78, 5) is 26.1. The highest BCUT2D eigenvalue weighted by molar-refractivity contribution is 6.02. The van der Waals surface area contributed by atoms with E-state index in [9.17, 15) is 9.59 Å². The molecule has 0 radical (unpaired) electrons. The predicted octanol–water partition coefficient (Wildman–Crippen LogP) is 3.45. The third-order valence-corrected chi connectivity index (χ3v) is 5.61. The average Bonchev–Trinajstić information content (AvgIpc) is 3.16. The molecule has 2 amide bonds. The summed E-state index contributed by atoms with van der Waals surface area (Å²) in [5.74, 6) is -0.123. The van der Waals surface area contributed by atoms with E-state index in [1.807, 2.05) is 24.0 Å². The molecule has 1 aromatic heterocycles. The topological polar surface area (TPSA) is 68.3 Å². The maximum absolute atomic E-state index is 12.3. The third-order valence-electron chi connectivity index (χ3n) is 5.61. The lowest BCUT2D eigenvalue weighted by molar-refractivity contribution is -0.127. The van der Waals surface area contributed by atoms with Gasteiger partial charge >= 0.3 is 0 Å². The van der Waals surface area contributed by atoms with Crippen molar-refractivity contribution in [3.8, 4) is 11.1 Å². The van der Waals surface area contributed by atoms with Gasteiger partial charge in [-0.1, -0.05) is 31.2 Å². The first-order valence-corrected chi connectivity index (χ1v) is 9.81. The zero-order valence-corrected chi connectivity index (χ0v) is 16.5. The number of benzene rings is 1. The summed E-state index contributed by atoms with van der Waals surface area (Å²) >= 11 is 0. The second kappa shape index (κ2) is 7.99. The number of amides is 2.